The summed E-state index contributed by atoms with van der Waals surface area (Å²) >= 11 is 5.42. The van der Waals surface area contributed by atoms with E-state index in [-0.39, 0.29) is 0 Å². The number of benzene rings is 1. The minimum atomic E-state index is 0.522. The van der Waals surface area contributed by atoms with Crippen molar-refractivity contribution in [2.45, 2.75) is 26.8 Å². The second-order valence-electron chi connectivity index (χ2n) is 8.20. The minimum absolute atomic E-state index is 0.522. The summed E-state index contributed by atoms with van der Waals surface area (Å²) in [5.41, 5.74) is 1.94. The SMILES string of the molecule is C[C@@H]1C[C@H](C)CN(c2ccc(NC(=S)NCc3ccc(-c4ccccc4)o3)cn2)C1. The van der Waals surface area contributed by atoms with Crippen LogP contribution in [0.5, 0.6) is 0 Å². The zero-order valence-electron chi connectivity index (χ0n) is 17.5. The number of hydrogen-bond donors (Lipinski definition) is 2. The molecule has 0 unspecified atom stereocenters. The van der Waals surface area contributed by atoms with E-state index in [0.717, 1.165) is 41.7 Å². The molecule has 0 radical (unpaired) electrons. The maximum Gasteiger partial charge on any atom is 0.171 e. The highest BCUT2D eigenvalue weighted by molar-refractivity contribution is 7.80. The quantitative estimate of drug-likeness (QED) is 0.546. The molecule has 156 valence electrons. The summed E-state index contributed by atoms with van der Waals surface area (Å²) in [6.45, 7) is 7.28. The maximum atomic E-state index is 5.90. The molecule has 4 rings (SSSR count). The van der Waals surface area contributed by atoms with E-state index >= 15 is 0 Å². The number of thiocarbonyl (C=S) groups is 1. The lowest BCUT2D eigenvalue weighted by molar-refractivity contribution is 0.355. The van der Waals surface area contributed by atoms with Crippen molar-refractivity contribution >= 4 is 28.8 Å². The molecule has 3 aromatic rings. The number of nitrogens with zero attached hydrogens (tertiary/aromatic N) is 2. The molecule has 0 amide bonds. The van der Waals surface area contributed by atoms with Crippen molar-refractivity contribution in [3.05, 3.63) is 66.6 Å². The van der Waals surface area contributed by atoms with Crippen LogP contribution in [0, 0.1) is 11.8 Å². The Morgan fingerprint density at radius 1 is 1.07 bits per heavy atom. The molecule has 1 fully saturated rings. The molecular formula is C24H28N4OS. The Bertz CT molecular complexity index is 960. The van der Waals surface area contributed by atoms with Crippen LogP contribution >= 0.6 is 12.2 Å². The highest BCUT2D eigenvalue weighted by atomic mass is 32.1. The normalized spacial score (nSPS) is 18.8. The molecule has 0 saturated carbocycles. The Morgan fingerprint density at radius 2 is 1.83 bits per heavy atom. The van der Waals surface area contributed by atoms with Gasteiger partial charge in [-0.15, -0.1) is 0 Å². The molecule has 2 atom stereocenters. The topological polar surface area (TPSA) is 53.3 Å². The third kappa shape index (κ3) is 5.19. The van der Waals surface area contributed by atoms with Gasteiger partial charge in [-0.2, -0.15) is 0 Å². The highest BCUT2D eigenvalue weighted by Crippen LogP contribution is 2.25. The lowest BCUT2D eigenvalue weighted by atomic mass is 9.92. The van der Waals surface area contributed by atoms with E-state index in [4.69, 9.17) is 16.6 Å². The van der Waals surface area contributed by atoms with E-state index in [1.165, 1.54) is 6.42 Å². The minimum Gasteiger partial charge on any atom is -0.459 e. The third-order valence-corrected chi connectivity index (χ3v) is 5.59. The molecule has 30 heavy (non-hydrogen) atoms. The van der Waals surface area contributed by atoms with Crippen LogP contribution < -0.4 is 15.5 Å². The smallest absolute Gasteiger partial charge is 0.171 e. The molecule has 0 aliphatic carbocycles. The molecule has 2 aromatic heterocycles. The first kappa shape index (κ1) is 20.4. The fourth-order valence-corrected chi connectivity index (χ4v) is 4.26. The number of piperidine rings is 1. The largest absolute Gasteiger partial charge is 0.459 e. The summed E-state index contributed by atoms with van der Waals surface area (Å²) < 4.78 is 5.90. The highest BCUT2D eigenvalue weighted by Gasteiger charge is 2.22. The zero-order valence-corrected chi connectivity index (χ0v) is 18.3. The van der Waals surface area contributed by atoms with E-state index < -0.39 is 0 Å². The van der Waals surface area contributed by atoms with Gasteiger partial charge < -0.3 is 20.0 Å². The number of pyridine rings is 1. The molecule has 3 heterocycles. The second-order valence-corrected chi connectivity index (χ2v) is 8.60. The van der Waals surface area contributed by atoms with Crippen LogP contribution in [0.1, 0.15) is 26.0 Å². The van der Waals surface area contributed by atoms with Crippen LogP contribution in [0.3, 0.4) is 0 Å². The molecule has 1 aliphatic rings. The van der Waals surface area contributed by atoms with Gasteiger partial charge in [0, 0.05) is 18.7 Å². The summed E-state index contributed by atoms with van der Waals surface area (Å²) in [5, 5.41) is 6.93. The number of aromatic nitrogens is 1. The van der Waals surface area contributed by atoms with Crippen molar-refractivity contribution in [3.63, 3.8) is 0 Å². The third-order valence-electron chi connectivity index (χ3n) is 5.34. The number of furan rings is 1. The average molecular weight is 421 g/mol. The fraction of sp³-hybridized carbons (Fsp3) is 0.333. The standard InChI is InChI=1S/C24H28N4OS/c1-17-12-18(2)16-28(15-17)23-11-8-20(13-25-23)27-24(30)26-14-21-9-10-22(29-21)19-6-4-3-5-7-19/h3-11,13,17-18H,12,14-16H2,1-2H3,(H2,26,27,30)/t17-,18+. The van der Waals surface area contributed by atoms with Crippen molar-refractivity contribution < 1.29 is 4.42 Å². The average Bonchev–Trinajstić information content (AvgIpc) is 3.22. The summed E-state index contributed by atoms with van der Waals surface area (Å²) in [5.74, 6) is 4.12. The van der Waals surface area contributed by atoms with Crippen molar-refractivity contribution in [1.29, 1.82) is 0 Å². The van der Waals surface area contributed by atoms with Gasteiger partial charge in [0.15, 0.2) is 5.11 Å². The van der Waals surface area contributed by atoms with Gasteiger partial charge in [0.1, 0.15) is 17.3 Å². The lowest BCUT2D eigenvalue weighted by Crippen LogP contribution is -2.39. The van der Waals surface area contributed by atoms with Gasteiger partial charge in [-0.25, -0.2) is 4.98 Å². The second kappa shape index (κ2) is 9.30. The first-order chi connectivity index (χ1) is 14.6. The predicted octanol–water partition coefficient (Wildman–Crippen LogP) is 5.31. The van der Waals surface area contributed by atoms with E-state index in [0.29, 0.717) is 23.5 Å². The van der Waals surface area contributed by atoms with E-state index in [2.05, 4.69) is 40.4 Å². The molecule has 1 aromatic carbocycles. The molecule has 0 bridgehead atoms. The zero-order chi connectivity index (χ0) is 20.9. The van der Waals surface area contributed by atoms with Crippen LogP contribution in [-0.2, 0) is 6.54 Å². The van der Waals surface area contributed by atoms with Crippen molar-refractivity contribution in [3.8, 4) is 11.3 Å². The predicted molar refractivity (Wildman–Crippen MR) is 127 cm³/mol. The summed E-state index contributed by atoms with van der Waals surface area (Å²) in [6, 6.07) is 18.1. The van der Waals surface area contributed by atoms with Crippen LogP contribution in [0.15, 0.2) is 65.2 Å². The monoisotopic (exact) mass is 420 g/mol. The van der Waals surface area contributed by atoms with Crippen molar-refractivity contribution in [2.75, 3.05) is 23.3 Å². The fourth-order valence-electron chi connectivity index (χ4n) is 4.07. The van der Waals surface area contributed by atoms with Gasteiger partial charge in [0.05, 0.1) is 18.4 Å². The van der Waals surface area contributed by atoms with E-state index in [9.17, 15) is 0 Å². The van der Waals surface area contributed by atoms with Gasteiger partial charge >= 0.3 is 0 Å². The number of hydrogen-bond acceptors (Lipinski definition) is 4. The van der Waals surface area contributed by atoms with Gasteiger partial charge in [-0.1, -0.05) is 44.2 Å². The van der Waals surface area contributed by atoms with Crippen molar-refractivity contribution in [1.82, 2.24) is 10.3 Å². The molecule has 1 saturated heterocycles. The van der Waals surface area contributed by atoms with Gasteiger partial charge in [0.2, 0.25) is 0 Å². The maximum absolute atomic E-state index is 5.90. The van der Waals surface area contributed by atoms with Crippen LogP contribution in [0.4, 0.5) is 11.5 Å². The summed E-state index contributed by atoms with van der Waals surface area (Å²) in [4.78, 5) is 7.01. The molecule has 0 spiro atoms. The Labute approximate surface area is 183 Å². The lowest BCUT2D eigenvalue weighted by Gasteiger charge is -2.35. The summed E-state index contributed by atoms with van der Waals surface area (Å²) in [6.07, 6.45) is 3.13. The number of anilines is 2. The molecule has 1 aliphatic heterocycles. The Kier molecular flexibility index (Phi) is 6.33. The van der Waals surface area contributed by atoms with E-state index in [1.807, 2.05) is 54.7 Å². The molecule has 6 heteroatoms. The van der Waals surface area contributed by atoms with Crippen LogP contribution in [-0.4, -0.2) is 23.2 Å². The number of rotatable bonds is 5. The van der Waals surface area contributed by atoms with Crippen molar-refractivity contribution in [2.24, 2.45) is 11.8 Å². The van der Waals surface area contributed by atoms with Crippen LogP contribution in [0.25, 0.3) is 11.3 Å². The Morgan fingerprint density at radius 3 is 2.53 bits per heavy atom. The molecular weight excluding hydrogens is 392 g/mol. The molecule has 2 N–H and O–H groups in total. The Balaban J connectivity index is 1.29. The number of nitrogens with one attached hydrogen (secondary N) is 2. The molecule has 5 nitrogen and oxygen atoms in total. The van der Waals surface area contributed by atoms with Gasteiger partial charge in [0.25, 0.3) is 0 Å². The summed E-state index contributed by atoms with van der Waals surface area (Å²) in [7, 11) is 0. The van der Waals surface area contributed by atoms with Gasteiger partial charge in [-0.3, -0.25) is 0 Å². The first-order valence-corrected chi connectivity index (χ1v) is 10.9. The van der Waals surface area contributed by atoms with Gasteiger partial charge in [-0.05, 0) is 54.7 Å². The van der Waals surface area contributed by atoms with Crippen LogP contribution in [0.2, 0.25) is 0 Å². The first-order valence-electron chi connectivity index (χ1n) is 10.5. The van der Waals surface area contributed by atoms with E-state index in [1.54, 1.807) is 0 Å². The Hall–Kier alpha value is -2.86.